The fraction of sp³-hybridized carbons (Fsp3) is 0.538. The van der Waals surface area contributed by atoms with E-state index >= 15 is 0 Å². The highest BCUT2D eigenvalue weighted by Gasteiger charge is 2.19. The van der Waals surface area contributed by atoms with Gasteiger partial charge < -0.3 is 10.2 Å². The molecule has 0 bridgehead atoms. The fourth-order valence-corrected chi connectivity index (χ4v) is 3.81. The summed E-state index contributed by atoms with van der Waals surface area (Å²) in [5, 5.41) is 3.03. The number of sulfonamides is 1. The number of rotatable bonds is 7. The van der Waals surface area contributed by atoms with E-state index in [1.165, 1.54) is 0 Å². The minimum absolute atomic E-state index is 0.132. The van der Waals surface area contributed by atoms with Gasteiger partial charge in [0.1, 0.15) is 0 Å². The number of nitrogens with one attached hydrogen (secondary N) is 2. The van der Waals surface area contributed by atoms with Crippen LogP contribution >= 0.6 is 15.9 Å². The van der Waals surface area contributed by atoms with Gasteiger partial charge in [0.05, 0.1) is 4.90 Å². The van der Waals surface area contributed by atoms with E-state index in [-0.39, 0.29) is 10.9 Å². The Bertz CT molecular complexity index is 547. The second-order valence-corrected chi connectivity index (χ2v) is 7.55. The molecular weight excluding hydrogens is 342 g/mol. The van der Waals surface area contributed by atoms with Gasteiger partial charge in [0.25, 0.3) is 0 Å². The third kappa shape index (κ3) is 4.82. The first-order valence-electron chi connectivity index (χ1n) is 6.37. The largest absolute Gasteiger partial charge is 0.316 e. The minimum atomic E-state index is -3.50. The molecule has 0 amide bonds. The summed E-state index contributed by atoms with van der Waals surface area (Å²) < 4.78 is 27.8. The molecule has 1 aromatic rings. The Hall–Kier alpha value is -0.470. The van der Waals surface area contributed by atoms with Crippen molar-refractivity contribution in [1.82, 2.24) is 14.9 Å². The maximum Gasteiger partial charge on any atom is 0.241 e. The first-order chi connectivity index (χ1) is 9.27. The van der Waals surface area contributed by atoms with Crippen LogP contribution in [0.25, 0.3) is 0 Å². The van der Waals surface area contributed by atoms with Crippen molar-refractivity contribution in [2.24, 2.45) is 0 Å². The summed E-state index contributed by atoms with van der Waals surface area (Å²) in [5.41, 5.74) is 1.03. The molecule has 20 heavy (non-hydrogen) atoms. The van der Waals surface area contributed by atoms with E-state index in [4.69, 9.17) is 0 Å². The van der Waals surface area contributed by atoms with Crippen molar-refractivity contribution in [2.75, 3.05) is 27.7 Å². The van der Waals surface area contributed by atoms with Gasteiger partial charge in [-0.3, -0.25) is 0 Å². The van der Waals surface area contributed by atoms with E-state index in [0.29, 0.717) is 17.6 Å². The molecule has 0 heterocycles. The predicted octanol–water partition coefficient (Wildman–Crippen LogP) is 1.40. The lowest BCUT2D eigenvalue weighted by atomic mass is 10.2. The molecule has 0 radical (unpaired) electrons. The smallest absolute Gasteiger partial charge is 0.241 e. The van der Waals surface area contributed by atoms with Crippen LogP contribution in [0.5, 0.6) is 0 Å². The van der Waals surface area contributed by atoms with E-state index < -0.39 is 10.0 Å². The van der Waals surface area contributed by atoms with Gasteiger partial charge in [-0.25, -0.2) is 13.1 Å². The Labute approximate surface area is 129 Å². The first kappa shape index (κ1) is 17.6. The molecule has 0 aliphatic carbocycles. The number of benzene rings is 1. The summed E-state index contributed by atoms with van der Waals surface area (Å²) >= 11 is 3.33. The van der Waals surface area contributed by atoms with E-state index in [1.54, 1.807) is 6.07 Å². The average molecular weight is 364 g/mol. The Morgan fingerprint density at radius 1 is 1.35 bits per heavy atom. The van der Waals surface area contributed by atoms with Crippen molar-refractivity contribution in [2.45, 2.75) is 24.4 Å². The van der Waals surface area contributed by atoms with Gasteiger partial charge >= 0.3 is 0 Å². The van der Waals surface area contributed by atoms with Gasteiger partial charge in [-0.15, -0.1) is 0 Å². The van der Waals surface area contributed by atoms with Crippen LogP contribution in [0, 0.1) is 0 Å². The molecular formula is C13H22BrN3O2S. The van der Waals surface area contributed by atoms with Gasteiger partial charge in [0.2, 0.25) is 10.0 Å². The molecule has 0 saturated carbocycles. The Kier molecular flexibility index (Phi) is 6.60. The van der Waals surface area contributed by atoms with E-state index in [0.717, 1.165) is 5.56 Å². The summed E-state index contributed by atoms with van der Waals surface area (Å²) in [4.78, 5) is 2.23. The lowest BCUT2D eigenvalue weighted by molar-refractivity contribution is 0.314. The molecule has 0 aliphatic heterocycles. The van der Waals surface area contributed by atoms with Crippen molar-refractivity contribution < 1.29 is 8.42 Å². The van der Waals surface area contributed by atoms with Crippen LogP contribution in [-0.4, -0.2) is 47.0 Å². The van der Waals surface area contributed by atoms with Crippen LogP contribution in [-0.2, 0) is 16.6 Å². The summed E-state index contributed by atoms with van der Waals surface area (Å²) in [7, 11) is 2.19. The monoisotopic (exact) mass is 363 g/mol. The van der Waals surface area contributed by atoms with Crippen LogP contribution in [0.15, 0.2) is 27.6 Å². The molecule has 1 aromatic carbocycles. The van der Waals surface area contributed by atoms with Crippen LogP contribution < -0.4 is 10.0 Å². The minimum Gasteiger partial charge on any atom is -0.316 e. The lowest BCUT2D eigenvalue weighted by Crippen LogP contribution is -2.38. The van der Waals surface area contributed by atoms with Gasteiger partial charge in [-0.1, -0.05) is 6.07 Å². The van der Waals surface area contributed by atoms with Crippen molar-refractivity contribution >= 4 is 26.0 Å². The molecule has 0 aliphatic rings. The van der Waals surface area contributed by atoms with Crippen LogP contribution in [0.1, 0.15) is 12.5 Å². The zero-order valence-electron chi connectivity index (χ0n) is 12.3. The normalized spacial score (nSPS) is 13.7. The molecule has 0 saturated heterocycles. The molecule has 7 heteroatoms. The third-order valence-electron chi connectivity index (χ3n) is 3.12. The van der Waals surface area contributed by atoms with Crippen molar-refractivity contribution in [1.29, 1.82) is 0 Å². The number of hydrogen-bond acceptors (Lipinski definition) is 4. The maximum atomic E-state index is 12.3. The quantitative estimate of drug-likeness (QED) is 0.768. The summed E-state index contributed by atoms with van der Waals surface area (Å²) in [6.45, 7) is 3.04. The third-order valence-corrected chi connectivity index (χ3v) is 5.52. The highest BCUT2D eigenvalue weighted by molar-refractivity contribution is 9.10. The summed E-state index contributed by atoms with van der Waals surface area (Å²) in [6.07, 6.45) is 0. The Morgan fingerprint density at radius 3 is 2.50 bits per heavy atom. The molecule has 0 fully saturated rings. The van der Waals surface area contributed by atoms with Gasteiger partial charge in [-0.05, 0) is 61.7 Å². The molecule has 0 aromatic heterocycles. The average Bonchev–Trinajstić information content (AvgIpc) is 2.36. The highest BCUT2D eigenvalue weighted by atomic mass is 79.9. The number of hydrogen-bond donors (Lipinski definition) is 2. The topological polar surface area (TPSA) is 61.4 Å². The number of nitrogens with zero attached hydrogens (tertiary/aromatic N) is 1. The van der Waals surface area contributed by atoms with Gasteiger partial charge in [0, 0.05) is 23.6 Å². The highest BCUT2D eigenvalue weighted by Crippen LogP contribution is 2.23. The Balaban J connectivity index is 2.87. The van der Waals surface area contributed by atoms with Crippen LogP contribution in [0.4, 0.5) is 0 Å². The van der Waals surface area contributed by atoms with Crippen molar-refractivity contribution in [3.8, 4) is 0 Å². The van der Waals surface area contributed by atoms with Crippen molar-refractivity contribution in [3.05, 3.63) is 28.2 Å². The molecule has 1 rings (SSSR count). The standard InChI is InChI=1S/C13H22BrN3O2S/c1-10(17(3)4)8-16-20(18,19)13-6-5-11(9-15-2)7-12(13)14/h5-7,10,15-16H,8-9H2,1-4H3. The maximum absolute atomic E-state index is 12.3. The summed E-state index contributed by atoms with van der Waals surface area (Å²) in [5.74, 6) is 0. The first-order valence-corrected chi connectivity index (χ1v) is 8.64. The zero-order valence-corrected chi connectivity index (χ0v) is 14.7. The number of halogens is 1. The van der Waals surface area contributed by atoms with Gasteiger partial charge in [0.15, 0.2) is 0 Å². The second kappa shape index (κ2) is 7.51. The molecule has 1 atom stereocenters. The fourth-order valence-electron chi connectivity index (χ4n) is 1.57. The zero-order chi connectivity index (χ0) is 15.3. The SMILES string of the molecule is CNCc1ccc(S(=O)(=O)NCC(C)N(C)C)c(Br)c1. The molecule has 1 unspecified atom stereocenters. The van der Waals surface area contributed by atoms with Crippen molar-refractivity contribution in [3.63, 3.8) is 0 Å². The van der Waals surface area contributed by atoms with Crippen LogP contribution in [0.3, 0.4) is 0 Å². The van der Waals surface area contributed by atoms with E-state index in [2.05, 4.69) is 26.0 Å². The van der Waals surface area contributed by atoms with Crippen LogP contribution in [0.2, 0.25) is 0 Å². The molecule has 5 nitrogen and oxygen atoms in total. The number of likely N-dealkylation sites (N-methyl/N-ethyl adjacent to an activating group) is 1. The lowest BCUT2D eigenvalue weighted by Gasteiger charge is -2.20. The van der Waals surface area contributed by atoms with E-state index in [9.17, 15) is 8.42 Å². The molecule has 0 spiro atoms. The van der Waals surface area contributed by atoms with Gasteiger partial charge in [-0.2, -0.15) is 0 Å². The van der Waals surface area contributed by atoms with E-state index in [1.807, 2.05) is 45.1 Å². The second-order valence-electron chi connectivity index (χ2n) is 4.96. The Morgan fingerprint density at radius 2 is 2.00 bits per heavy atom. The molecule has 2 N–H and O–H groups in total. The predicted molar refractivity (Wildman–Crippen MR) is 85.2 cm³/mol. The summed E-state index contributed by atoms with van der Waals surface area (Å²) in [6, 6.07) is 5.39. The molecule has 114 valence electrons.